The van der Waals surface area contributed by atoms with E-state index in [-0.39, 0.29) is 29.1 Å². The number of nitrogens with zero attached hydrogens (tertiary/aromatic N) is 3. The van der Waals surface area contributed by atoms with Crippen molar-refractivity contribution in [2.45, 2.75) is 6.54 Å². The van der Waals surface area contributed by atoms with Crippen molar-refractivity contribution in [3.8, 4) is 10.6 Å². The molecule has 0 fully saturated rings. The van der Waals surface area contributed by atoms with Crippen LogP contribution in [0.3, 0.4) is 0 Å². The Kier molecular flexibility index (Phi) is 5.45. The molecule has 162 valence electrons. The van der Waals surface area contributed by atoms with E-state index < -0.39 is 11.8 Å². The first-order valence-corrected chi connectivity index (χ1v) is 11.1. The van der Waals surface area contributed by atoms with Crippen molar-refractivity contribution in [1.29, 1.82) is 0 Å². The first kappa shape index (κ1) is 21.0. The van der Waals surface area contributed by atoms with Crippen LogP contribution in [-0.2, 0) is 6.54 Å². The molecule has 0 atom stereocenters. The number of amides is 3. The van der Waals surface area contributed by atoms with E-state index >= 15 is 0 Å². The fourth-order valence-corrected chi connectivity index (χ4v) is 4.59. The maximum absolute atomic E-state index is 12.9. The van der Waals surface area contributed by atoms with Gasteiger partial charge in [-0.1, -0.05) is 71.5 Å². The first-order valence-electron chi connectivity index (χ1n) is 9.95. The van der Waals surface area contributed by atoms with Gasteiger partial charge < -0.3 is 0 Å². The Labute approximate surface area is 197 Å². The molecule has 1 aliphatic heterocycles. The number of benzene rings is 3. The summed E-state index contributed by atoms with van der Waals surface area (Å²) in [7, 11) is 0. The minimum absolute atomic E-state index is 0.171. The Morgan fingerprint density at radius 3 is 2.39 bits per heavy atom. The zero-order chi connectivity index (χ0) is 22.9. The maximum atomic E-state index is 12.9. The van der Waals surface area contributed by atoms with Gasteiger partial charge in [-0.15, -0.1) is 10.2 Å². The Hall–Kier alpha value is -3.88. The smallest absolute Gasteiger partial charge is 0.261 e. The number of carbonyl (C=O) groups is 3. The summed E-state index contributed by atoms with van der Waals surface area (Å²) in [5, 5.41) is 12.2. The van der Waals surface area contributed by atoms with Crippen molar-refractivity contribution in [2.24, 2.45) is 0 Å². The van der Waals surface area contributed by atoms with Gasteiger partial charge in [0.2, 0.25) is 5.13 Å². The van der Waals surface area contributed by atoms with Gasteiger partial charge in [-0.25, -0.2) is 0 Å². The highest BCUT2D eigenvalue weighted by atomic mass is 35.5. The van der Waals surface area contributed by atoms with Gasteiger partial charge in [0.1, 0.15) is 0 Å². The quantitative estimate of drug-likeness (QED) is 0.415. The summed E-state index contributed by atoms with van der Waals surface area (Å²) in [5.41, 5.74) is 2.29. The second-order valence-corrected chi connectivity index (χ2v) is 8.67. The number of carbonyl (C=O) groups excluding carboxylic acids is 3. The third kappa shape index (κ3) is 4.02. The van der Waals surface area contributed by atoms with Crippen LogP contribution in [0.25, 0.3) is 10.6 Å². The highest BCUT2D eigenvalue weighted by Crippen LogP contribution is 2.32. The van der Waals surface area contributed by atoms with Crippen LogP contribution in [0.1, 0.15) is 36.6 Å². The van der Waals surface area contributed by atoms with E-state index in [4.69, 9.17) is 11.6 Å². The van der Waals surface area contributed by atoms with Gasteiger partial charge in [0.15, 0.2) is 5.01 Å². The molecule has 5 rings (SSSR count). The van der Waals surface area contributed by atoms with Gasteiger partial charge in [0, 0.05) is 11.1 Å². The lowest BCUT2D eigenvalue weighted by molar-refractivity contribution is 0.0642. The van der Waals surface area contributed by atoms with Gasteiger partial charge in [0.25, 0.3) is 17.7 Å². The molecule has 1 aromatic heterocycles. The number of rotatable bonds is 5. The number of aromatic nitrogens is 2. The second kappa shape index (κ2) is 8.57. The van der Waals surface area contributed by atoms with Crippen molar-refractivity contribution in [1.82, 2.24) is 15.1 Å². The lowest BCUT2D eigenvalue weighted by Crippen LogP contribution is -2.29. The summed E-state index contributed by atoms with van der Waals surface area (Å²) >= 11 is 7.38. The lowest BCUT2D eigenvalue weighted by atomic mass is 10.1. The average Bonchev–Trinajstić information content (AvgIpc) is 3.38. The Morgan fingerprint density at radius 2 is 1.61 bits per heavy atom. The predicted octanol–water partition coefficient (Wildman–Crippen LogP) is 4.91. The van der Waals surface area contributed by atoms with Crippen LogP contribution < -0.4 is 5.32 Å². The predicted molar refractivity (Wildman–Crippen MR) is 125 cm³/mol. The normalized spacial score (nSPS) is 12.7. The third-order valence-electron chi connectivity index (χ3n) is 5.17. The molecule has 0 bridgehead atoms. The molecule has 2 heterocycles. The summed E-state index contributed by atoms with van der Waals surface area (Å²) < 4.78 is 0. The topological polar surface area (TPSA) is 92.3 Å². The number of fused-ring (bicyclic) bond motifs is 1. The monoisotopic (exact) mass is 474 g/mol. The van der Waals surface area contributed by atoms with Crippen LogP contribution in [-0.4, -0.2) is 32.8 Å². The zero-order valence-electron chi connectivity index (χ0n) is 17.0. The standard InChI is InChI=1S/C24H15ClN4O3S/c25-19-9-5-4-8-17(19)21-27-28-24(33-21)26-20(30)15-10-11-16-18(12-15)23(32)29(22(16)31)13-14-6-2-1-3-7-14/h1-12H,13H2,(H,26,28,30). The Morgan fingerprint density at radius 1 is 0.879 bits per heavy atom. The van der Waals surface area contributed by atoms with E-state index in [1.165, 1.54) is 34.4 Å². The molecule has 0 radical (unpaired) electrons. The summed E-state index contributed by atoms with van der Waals surface area (Å²) in [6.07, 6.45) is 0. The summed E-state index contributed by atoms with van der Waals surface area (Å²) in [6.45, 7) is 0.171. The Balaban J connectivity index is 1.34. The van der Waals surface area contributed by atoms with Gasteiger partial charge in [-0.2, -0.15) is 0 Å². The first-order chi connectivity index (χ1) is 16.0. The fraction of sp³-hybridized carbons (Fsp3) is 0.0417. The molecule has 4 aromatic rings. The number of hydrogen-bond acceptors (Lipinski definition) is 6. The van der Waals surface area contributed by atoms with Crippen LogP contribution in [0.4, 0.5) is 5.13 Å². The molecule has 0 saturated carbocycles. The maximum Gasteiger partial charge on any atom is 0.261 e. The molecule has 7 nitrogen and oxygen atoms in total. The van der Waals surface area contributed by atoms with Gasteiger partial charge in [-0.05, 0) is 29.8 Å². The van der Waals surface area contributed by atoms with Crippen LogP contribution >= 0.6 is 22.9 Å². The van der Waals surface area contributed by atoms with E-state index in [1.807, 2.05) is 48.5 Å². The molecule has 3 aromatic carbocycles. The van der Waals surface area contributed by atoms with E-state index in [1.54, 1.807) is 6.07 Å². The molecule has 0 aliphatic carbocycles. The summed E-state index contributed by atoms with van der Waals surface area (Å²) in [5.74, 6) is -1.26. The number of halogens is 1. The number of anilines is 1. The minimum Gasteiger partial charge on any atom is -0.296 e. The Bertz CT molecular complexity index is 1400. The molecule has 0 unspecified atom stereocenters. The minimum atomic E-state index is -0.457. The molecule has 3 amide bonds. The van der Waals surface area contributed by atoms with Crippen molar-refractivity contribution in [3.05, 3.63) is 100 Å². The van der Waals surface area contributed by atoms with E-state index in [0.29, 0.717) is 15.2 Å². The van der Waals surface area contributed by atoms with Crippen molar-refractivity contribution in [3.63, 3.8) is 0 Å². The van der Waals surface area contributed by atoms with Crippen molar-refractivity contribution in [2.75, 3.05) is 5.32 Å². The van der Waals surface area contributed by atoms with Crippen LogP contribution in [0.15, 0.2) is 72.8 Å². The van der Waals surface area contributed by atoms with Crippen molar-refractivity contribution >= 4 is 45.8 Å². The van der Waals surface area contributed by atoms with E-state index in [2.05, 4.69) is 15.5 Å². The summed E-state index contributed by atoms with van der Waals surface area (Å²) in [6, 6.07) is 20.9. The third-order valence-corrected chi connectivity index (χ3v) is 6.37. The van der Waals surface area contributed by atoms with Crippen LogP contribution in [0.2, 0.25) is 5.02 Å². The number of imide groups is 1. The molecule has 9 heteroatoms. The highest BCUT2D eigenvalue weighted by molar-refractivity contribution is 7.18. The molecular weight excluding hydrogens is 460 g/mol. The number of hydrogen-bond donors (Lipinski definition) is 1. The van der Waals surface area contributed by atoms with E-state index in [9.17, 15) is 14.4 Å². The van der Waals surface area contributed by atoms with Crippen LogP contribution in [0, 0.1) is 0 Å². The second-order valence-electron chi connectivity index (χ2n) is 7.29. The van der Waals surface area contributed by atoms with Gasteiger partial charge in [-0.3, -0.25) is 24.6 Å². The molecule has 33 heavy (non-hydrogen) atoms. The van der Waals surface area contributed by atoms with Gasteiger partial charge >= 0.3 is 0 Å². The lowest BCUT2D eigenvalue weighted by Gasteiger charge is -2.13. The average molecular weight is 475 g/mol. The van der Waals surface area contributed by atoms with Crippen LogP contribution in [0.5, 0.6) is 0 Å². The van der Waals surface area contributed by atoms with Crippen molar-refractivity contribution < 1.29 is 14.4 Å². The molecule has 1 aliphatic rings. The largest absolute Gasteiger partial charge is 0.296 e. The molecule has 1 N–H and O–H groups in total. The van der Waals surface area contributed by atoms with Gasteiger partial charge in [0.05, 0.1) is 22.7 Å². The van der Waals surface area contributed by atoms with E-state index in [0.717, 1.165) is 11.1 Å². The SMILES string of the molecule is O=C(Nc1nnc(-c2ccccc2Cl)s1)c1ccc2c(c1)C(=O)N(Cc1ccccc1)C2=O. The summed E-state index contributed by atoms with van der Waals surface area (Å²) in [4.78, 5) is 39.6. The molecular formula is C24H15ClN4O3S. The molecule has 0 saturated heterocycles. The zero-order valence-corrected chi connectivity index (χ0v) is 18.6. The molecule has 0 spiro atoms. The highest BCUT2D eigenvalue weighted by Gasteiger charge is 2.36. The fourth-order valence-electron chi connectivity index (χ4n) is 3.53. The number of nitrogens with one attached hydrogen (secondary N) is 1.